The van der Waals surface area contributed by atoms with Crippen molar-refractivity contribution in [2.75, 3.05) is 18.0 Å². The van der Waals surface area contributed by atoms with E-state index >= 15 is 0 Å². The summed E-state index contributed by atoms with van der Waals surface area (Å²) in [5, 5.41) is 14.8. The molecule has 0 saturated carbocycles. The first-order valence-corrected chi connectivity index (χ1v) is 9.78. The average molecular weight is 417 g/mol. The third-order valence-electron chi connectivity index (χ3n) is 4.33. The molecule has 2 aromatic rings. The number of hydrogen-bond donors (Lipinski definition) is 3. The zero-order chi connectivity index (χ0) is 18.8. The van der Waals surface area contributed by atoms with Gasteiger partial charge in [-0.15, -0.1) is 11.3 Å². The summed E-state index contributed by atoms with van der Waals surface area (Å²) in [5.74, 6) is -1.30. The standard InChI is InChI=1S/C16H18Cl2N4O3S/c1-8-11(17)12(18)13(19-8)14(23)20-9-3-2-5-22(6-4-9)16-21-10(7-26-16)15(24)25/h7,9,19H,2-6H2,1H3,(H,20,23)(H,24,25). The third kappa shape index (κ3) is 3.97. The topological polar surface area (TPSA) is 98.3 Å². The van der Waals surface area contributed by atoms with Crippen molar-refractivity contribution >= 4 is 51.5 Å². The summed E-state index contributed by atoms with van der Waals surface area (Å²) in [4.78, 5) is 32.6. The number of aryl methyl sites for hydroxylation is 1. The summed E-state index contributed by atoms with van der Waals surface area (Å²) in [6.07, 6.45) is 2.42. The fourth-order valence-corrected chi connectivity index (χ4v) is 4.20. The van der Waals surface area contributed by atoms with Gasteiger partial charge in [0, 0.05) is 30.2 Å². The molecule has 0 radical (unpaired) electrons. The number of anilines is 1. The van der Waals surface area contributed by atoms with Crippen molar-refractivity contribution in [1.29, 1.82) is 0 Å². The number of carboxylic acid groups (broad SMARTS) is 1. The summed E-state index contributed by atoms with van der Waals surface area (Å²) in [6.45, 7) is 3.22. The van der Waals surface area contributed by atoms with Crippen LogP contribution in [0.3, 0.4) is 0 Å². The Bertz CT molecular complexity index is 836. The highest BCUT2D eigenvalue weighted by atomic mass is 35.5. The Morgan fingerprint density at radius 3 is 2.73 bits per heavy atom. The normalized spacial score (nSPS) is 17.8. The molecule has 3 N–H and O–H groups in total. The van der Waals surface area contributed by atoms with E-state index in [4.69, 9.17) is 28.3 Å². The molecular weight excluding hydrogens is 399 g/mol. The Balaban J connectivity index is 1.62. The molecule has 0 bridgehead atoms. The van der Waals surface area contributed by atoms with Crippen molar-refractivity contribution in [3.63, 3.8) is 0 Å². The molecule has 7 nitrogen and oxygen atoms in total. The van der Waals surface area contributed by atoms with E-state index in [0.29, 0.717) is 22.4 Å². The fourth-order valence-electron chi connectivity index (χ4n) is 2.93. The number of nitrogens with zero attached hydrogens (tertiary/aromatic N) is 2. The average Bonchev–Trinajstić information content (AvgIpc) is 3.11. The van der Waals surface area contributed by atoms with Crippen LogP contribution in [0.25, 0.3) is 0 Å². The van der Waals surface area contributed by atoms with E-state index < -0.39 is 5.97 Å². The lowest BCUT2D eigenvalue weighted by molar-refractivity contribution is 0.0691. The van der Waals surface area contributed by atoms with E-state index in [1.54, 1.807) is 12.3 Å². The van der Waals surface area contributed by atoms with Crippen molar-refractivity contribution in [1.82, 2.24) is 15.3 Å². The minimum absolute atomic E-state index is 0.00450. The van der Waals surface area contributed by atoms with Crippen LogP contribution in [0.15, 0.2) is 5.38 Å². The molecule has 0 aliphatic carbocycles. The highest BCUT2D eigenvalue weighted by Gasteiger charge is 2.24. The smallest absolute Gasteiger partial charge is 0.355 e. The maximum absolute atomic E-state index is 12.5. The van der Waals surface area contributed by atoms with Gasteiger partial charge in [0.15, 0.2) is 10.8 Å². The van der Waals surface area contributed by atoms with Crippen LogP contribution in [0.5, 0.6) is 0 Å². The molecule has 140 valence electrons. The summed E-state index contributed by atoms with van der Waals surface area (Å²) in [5.41, 5.74) is 1.00. The summed E-state index contributed by atoms with van der Waals surface area (Å²) >= 11 is 13.4. The van der Waals surface area contributed by atoms with E-state index in [1.165, 1.54) is 11.3 Å². The number of H-pyrrole nitrogens is 1. The Hall–Kier alpha value is -1.77. The maximum Gasteiger partial charge on any atom is 0.355 e. The van der Waals surface area contributed by atoms with Gasteiger partial charge in [-0.25, -0.2) is 9.78 Å². The molecule has 1 unspecified atom stereocenters. The van der Waals surface area contributed by atoms with E-state index in [2.05, 4.69) is 20.2 Å². The first-order valence-electron chi connectivity index (χ1n) is 8.15. The molecule has 10 heteroatoms. The number of carbonyl (C=O) groups is 2. The molecule has 1 aliphatic heterocycles. The molecule has 0 spiro atoms. The predicted octanol–water partition coefficient (Wildman–Crippen LogP) is 3.57. The van der Waals surface area contributed by atoms with Gasteiger partial charge in [-0.05, 0) is 26.2 Å². The molecule has 1 aliphatic rings. The molecule has 1 fully saturated rings. The number of halogens is 2. The summed E-state index contributed by atoms with van der Waals surface area (Å²) in [7, 11) is 0. The van der Waals surface area contributed by atoms with Crippen molar-refractivity contribution < 1.29 is 14.7 Å². The zero-order valence-electron chi connectivity index (χ0n) is 14.0. The van der Waals surface area contributed by atoms with Gasteiger partial charge in [-0.3, -0.25) is 4.79 Å². The highest BCUT2D eigenvalue weighted by Crippen LogP contribution is 2.29. The molecule has 1 atom stereocenters. The van der Waals surface area contributed by atoms with Crippen LogP contribution in [0.1, 0.15) is 45.9 Å². The Morgan fingerprint density at radius 2 is 2.12 bits per heavy atom. The van der Waals surface area contributed by atoms with Gasteiger partial charge in [-0.1, -0.05) is 23.2 Å². The van der Waals surface area contributed by atoms with Gasteiger partial charge < -0.3 is 20.3 Å². The van der Waals surface area contributed by atoms with Crippen LogP contribution in [0, 0.1) is 6.92 Å². The van der Waals surface area contributed by atoms with Crippen LogP contribution in [0.4, 0.5) is 5.13 Å². The Kier molecular flexibility index (Phi) is 5.74. The number of aromatic amines is 1. The molecule has 1 saturated heterocycles. The van der Waals surface area contributed by atoms with Crippen molar-refractivity contribution in [2.45, 2.75) is 32.2 Å². The lowest BCUT2D eigenvalue weighted by Gasteiger charge is -2.19. The van der Waals surface area contributed by atoms with Crippen LogP contribution in [-0.4, -0.2) is 46.1 Å². The largest absolute Gasteiger partial charge is 0.476 e. The first-order chi connectivity index (χ1) is 12.4. The zero-order valence-corrected chi connectivity index (χ0v) is 16.3. The molecule has 1 amide bonds. The predicted molar refractivity (Wildman–Crippen MR) is 102 cm³/mol. The van der Waals surface area contributed by atoms with Crippen molar-refractivity contribution in [3.05, 3.63) is 32.5 Å². The van der Waals surface area contributed by atoms with E-state index in [9.17, 15) is 9.59 Å². The lowest BCUT2D eigenvalue weighted by Crippen LogP contribution is -2.36. The second kappa shape index (κ2) is 7.85. The van der Waals surface area contributed by atoms with Crippen LogP contribution < -0.4 is 10.2 Å². The third-order valence-corrected chi connectivity index (χ3v) is 6.17. The second-order valence-electron chi connectivity index (χ2n) is 6.16. The number of rotatable bonds is 4. The van der Waals surface area contributed by atoms with E-state index in [1.807, 2.05) is 0 Å². The molecule has 3 heterocycles. The van der Waals surface area contributed by atoms with Gasteiger partial charge in [0.25, 0.3) is 5.91 Å². The SMILES string of the molecule is Cc1[nH]c(C(=O)NC2CCCN(c3nc(C(=O)O)cs3)CC2)c(Cl)c1Cl. The van der Waals surface area contributed by atoms with Gasteiger partial charge in [0.2, 0.25) is 0 Å². The van der Waals surface area contributed by atoms with Gasteiger partial charge in [-0.2, -0.15) is 0 Å². The minimum atomic E-state index is -1.02. The fraction of sp³-hybridized carbons (Fsp3) is 0.438. The number of hydrogen-bond acceptors (Lipinski definition) is 5. The number of aromatic carboxylic acids is 1. The monoisotopic (exact) mass is 416 g/mol. The number of thiazole rings is 1. The molecular formula is C16H18Cl2N4O3S. The van der Waals surface area contributed by atoms with Gasteiger partial charge >= 0.3 is 5.97 Å². The summed E-state index contributed by atoms with van der Waals surface area (Å²) in [6, 6.07) is 0.00450. The van der Waals surface area contributed by atoms with Crippen LogP contribution >= 0.6 is 34.5 Å². The Labute approximate surface area is 164 Å². The second-order valence-corrected chi connectivity index (χ2v) is 7.75. The molecule has 0 aromatic carbocycles. The number of carbonyl (C=O) groups excluding carboxylic acids is 1. The minimum Gasteiger partial charge on any atom is -0.476 e. The maximum atomic E-state index is 12.5. The number of carboxylic acids is 1. The summed E-state index contributed by atoms with van der Waals surface area (Å²) < 4.78 is 0. The number of aromatic nitrogens is 2. The van der Waals surface area contributed by atoms with Crippen LogP contribution in [-0.2, 0) is 0 Å². The van der Waals surface area contributed by atoms with Crippen molar-refractivity contribution in [3.8, 4) is 0 Å². The van der Waals surface area contributed by atoms with Crippen molar-refractivity contribution in [2.24, 2.45) is 0 Å². The highest BCUT2D eigenvalue weighted by molar-refractivity contribution is 7.13. The molecule has 2 aromatic heterocycles. The number of nitrogens with one attached hydrogen (secondary N) is 2. The van der Waals surface area contributed by atoms with Crippen LogP contribution in [0.2, 0.25) is 10.0 Å². The van der Waals surface area contributed by atoms with E-state index in [0.717, 1.165) is 25.8 Å². The quantitative estimate of drug-likeness (QED) is 0.707. The molecule has 26 heavy (non-hydrogen) atoms. The lowest BCUT2D eigenvalue weighted by atomic mass is 10.1. The Morgan fingerprint density at radius 1 is 1.35 bits per heavy atom. The van der Waals surface area contributed by atoms with Gasteiger partial charge in [0.05, 0.1) is 10.0 Å². The molecule has 3 rings (SSSR count). The first kappa shape index (κ1) is 19.0. The number of amides is 1. The van der Waals surface area contributed by atoms with Gasteiger partial charge in [0.1, 0.15) is 5.69 Å². The van der Waals surface area contributed by atoms with E-state index in [-0.39, 0.29) is 28.4 Å².